The molecular weight excluding hydrogens is 278 g/mol. The van der Waals surface area contributed by atoms with Crippen LogP contribution in [-0.4, -0.2) is 26.9 Å². The predicted octanol–water partition coefficient (Wildman–Crippen LogP) is 2.03. The fourth-order valence-electron chi connectivity index (χ4n) is 1.85. The van der Waals surface area contributed by atoms with E-state index in [0.29, 0.717) is 5.56 Å². The number of carbonyl (C=O) groups excluding carboxylic acids is 1. The lowest BCUT2D eigenvalue weighted by atomic mass is 10.3. The summed E-state index contributed by atoms with van der Waals surface area (Å²) in [7, 11) is 0. The van der Waals surface area contributed by atoms with Gasteiger partial charge in [-0.2, -0.15) is 10.2 Å². The highest BCUT2D eigenvalue weighted by molar-refractivity contribution is 5.94. The van der Waals surface area contributed by atoms with Crippen LogP contribution in [-0.2, 0) is 0 Å². The monoisotopic (exact) mass is 291 g/mol. The Kier molecular flexibility index (Phi) is 4.01. The van der Waals surface area contributed by atoms with E-state index in [9.17, 15) is 4.79 Å². The van der Waals surface area contributed by atoms with Gasteiger partial charge in [-0.1, -0.05) is 18.2 Å². The quantitative estimate of drug-likeness (QED) is 0.590. The summed E-state index contributed by atoms with van der Waals surface area (Å²) in [5, 5.41) is 8.16. The smallest absolute Gasteiger partial charge is 0.267 e. The van der Waals surface area contributed by atoms with Gasteiger partial charge in [-0.05, 0) is 24.3 Å². The highest BCUT2D eigenvalue weighted by Gasteiger charge is 2.03. The second-order valence-corrected chi connectivity index (χ2v) is 4.49. The molecule has 108 valence electrons. The summed E-state index contributed by atoms with van der Waals surface area (Å²) in [5.74, 6) is -0.306. The third-order valence-corrected chi connectivity index (χ3v) is 2.93. The van der Waals surface area contributed by atoms with Crippen LogP contribution >= 0.6 is 0 Å². The van der Waals surface area contributed by atoms with Crippen molar-refractivity contribution in [2.24, 2.45) is 5.10 Å². The van der Waals surface area contributed by atoms with E-state index < -0.39 is 0 Å². The normalized spacial score (nSPS) is 10.7. The molecule has 0 unspecified atom stereocenters. The minimum Gasteiger partial charge on any atom is -0.267 e. The van der Waals surface area contributed by atoms with Crippen molar-refractivity contribution in [1.29, 1.82) is 0 Å². The average molecular weight is 291 g/mol. The molecular formula is C16H13N5O. The van der Waals surface area contributed by atoms with Crippen molar-refractivity contribution in [2.75, 3.05) is 0 Å². The second kappa shape index (κ2) is 6.45. The molecule has 0 atom stereocenters. The Hall–Kier alpha value is -3.28. The van der Waals surface area contributed by atoms with Gasteiger partial charge in [0.25, 0.3) is 5.91 Å². The number of hydrazone groups is 1. The molecule has 0 saturated carbocycles. The van der Waals surface area contributed by atoms with Crippen LogP contribution in [0.2, 0.25) is 0 Å². The van der Waals surface area contributed by atoms with Crippen molar-refractivity contribution in [3.8, 4) is 5.69 Å². The predicted molar refractivity (Wildman–Crippen MR) is 82.9 cm³/mol. The molecule has 0 aliphatic heterocycles. The zero-order valence-electron chi connectivity index (χ0n) is 11.6. The van der Waals surface area contributed by atoms with Crippen molar-refractivity contribution in [3.05, 3.63) is 78.4 Å². The number of pyridine rings is 1. The summed E-state index contributed by atoms with van der Waals surface area (Å²) in [5.41, 5.74) is 4.66. The van der Waals surface area contributed by atoms with Gasteiger partial charge in [0, 0.05) is 24.2 Å². The number of hydrogen-bond acceptors (Lipinski definition) is 4. The van der Waals surface area contributed by atoms with Gasteiger partial charge in [0.2, 0.25) is 0 Å². The van der Waals surface area contributed by atoms with Gasteiger partial charge in [-0.25, -0.2) is 10.1 Å². The number of aromatic nitrogens is 3. The van der Waals surface area contributed by atoms with E-state index in [1.54, 1.807) is 35.4 Å². The highest BCUT2D eigenvalue weighted by atomic mass is 16.2. The first kappa shape index (κ1) is 13.7. The number of rotatable bonds is 4. The maximum Gasteiger partial charge on any atom is 0.272 e. The molecule has 2 heterocycles. The number of para-hydroxylation sites is 1. The molecule has 0 bridgehead atoms. The maximum atomic E-state index is 11.8. The summed E-state index contributed by atoms with van der Waals surface area (Å²) in [6, 6.07) is 13.1. The standard InChI is InChI=1S/C16H13N5O/c22-16(14-5-4-8-17-11-14)20-18-9-13-10-19-21(12-13)15-6-2-1-3-7-15/h1-12H,(H,20,22)/b18-9-. The van der Waals surface area contributed by atoms with Crippen molar-refractivity contribution in [3.63, 3.8) is 0 Å². The van der Waals surface area contributed by atoms with Crippen molar-refractivity contribution >= 4 is 12.1 Å². The van der Waals surface area contributed by atoms with Crippen LogP contribution in [0.15, 0.2) is 72.4 Å². The molecule has 0 radical (unpaired) electrons. The Morgan fingerprint density at radius 3 is 2.77 bits per heavy atom. The fourth-order valence-corrected chi connectivity index (χ4v) is 1.85. The summed E-state index contributed by atoms with van der Waals surface area (Å²) in [4.78, 5) is 15.7. The minimum atomic E-state index is -0.306. The van der Waals surface area contributed by atoms with Crippen LogP contribution in [0.25, 0.3) is 5.69 Å². The number of nitrogens with one attached hydrogen (secondary N) is 1. The topological polar surface area (TPSA) is 72.2 Å². The molecule has 1 aromatic carbocycles. The zero-order valence-corrected chi connectivity index (χ0v) is 11.6. The van der Waals surface area contributed by atoms with E-state index in [2.05, 4.69) is 20.6 Å². The maximum absolute atomic E-state index is 11.8. The average Bonchev–Trinajstić information content (AvgIpc) is 3.05. The molecule has 0 saturated heterocycles. The lowest BCUT2D eigenvalue weighted by Gasteiger charge is -1.98. The molecule has 3 aromatic rings. The van der Waals surface area contributed by atoms with Gasteiger partial charge < -0.3 is 0 Å². The zero-order chi connectivity index (χ0) is 15.2. The third-order valence-electron chi connectivity index (χ3n) is 2.93. The van der Waals surface area contributed by atoms with Crippen LogP contribution in [0, 0.1) is 0 Å². The second-order valence-electron chi connectivity index (χ2n) is 4.49. The number of hydrogen-bond donors (Lipinski definition) is 1. The summed E-state index contributed by atoms with van der Waals surface area (Å²) in [6.07, 6.45) is 8.14. The molecule has 0 spiro atoms. The van der Waals surface area contributed by atoms with Crippen LogP contribution in [0.4, 0.5) is 0 Å². The first-order valence-corrected chi connectivity index (χ1v) is 6.66. The molecule has 1 amide bonds. The Labute approximate surface area is 127 Å². The van der Waals surface area contributed by atoms with Crippen LogP contribution in [0.5, 0.6) is 0 Å². The van der Waals surface area contributed by atoms with Gasteiger partial charge >= 0.3 is 0 Å². The SMILES string of the molecule is O=C(N/N=C\c1cnn(-c2ccccc2)c1)c1cccnc1. The van der Waals surface area contributed by atoms with Crippen LogP contribution in [0.1, 0.15) is 15.9 Å². The third kappa shape index (κ3) is 3.24. The first-order chi connectivity index (χ1) is 10.8. The minimum absolute atomic E-state index is 0.306. The van der Waals surface area contributed by atoms with Crippen molar-refractivity contribution < 1.29 is 4.79 Å². The molecule has 0 aliphatic rings. The first-order valence-electron chi connectivity index (χ1n) is 6.66. The van der Waals surface area contributed by atoms with Crippen LogP contribution < -0.4 is 5.43 Å². The molecule has 3 rings (SSSR count). The summed E-state index contributed by atoms with van der Waals surface area (Å²) in [6.45, 7) is 0. The molecule has 0 aliphatic carbocycles. The summed E-state index contributed by atoms with van der Waals surface area (Å²) >= 11 is 0. The van der Waals surface area contributed by atoms with Crippen molar-refractivity contribution in [1.82, 2.24) is 20.2 Å². The lowest BCUT2D eigenvalue weighted by Crippen LogP contribution is -2.17. The molecule has 6 heteroatoms. The number of nitrogens with zero attached hydrogens (tertiary/aromatic N) is 4. The number of amides is 1. The Morgan fingerprint density at radius 1 is 1.14 bits per heavy atom. The number of benzene rings is 1. The summed E-state index contributed by atoms with van der Waals surface area (Å²) < 4.78 is 1.74. The van der Waals surface area contributed by atoms with Crippen molar-refractivity contribution in [2.45, 2.75) is 0 Å². The Bertz CT molecular complexity index is 781. The van der Waals surface area contributed by atoms with Gasteiger partial charge in [-0.15, -0.1) is 0 Å². The molecule has 6 nitrogen and oxygen atoms in total. The van der Waals surface area contributed by atoms with Crippen LogP contribution in [0.3, 0.4) is 0 Å². The Balaban J connectivity index is 1.64. The van der Waals surface area contributed by atoms with Gasteiger partial charge in [0.15, 0.2) is 0 Å². The van der Waals surface area contributed by atoms with E-state index in [-0.39, 0.29) is 5.91 Å². The largest absolute Gasteiger partial charge is 0.272 e. The Morgan fingerprint density at radius 2 is 2.00 bits per heavy atom. The van der Waals surface area contributed by atoms with Gasteiger partial charge in [0.05, 0.1) is 23.7 Å². The van der Waals surface area contributed by atoms with E-state index in [1.165, 1.54) is 6.20 Å². The van der Waals surface area contributed by atoms with E-state index in [1.807, 2.05) is 36.5 Å². The van der Waals surface area contributed by atoms with E-state index >= 15 is 0 Å². The molecule has 2 aromatic heterocycles. The van der Waals surface area contributed by atoms with E-state index in [0.717, 1.165) is 11.3 Å². The molecule has 1 N–H and O–H groups in total. The highest BCUT2D eigenvalue weighted by Crippen LogP contribution is 2.06. The fraction of sp³-hybridized carbons (Fsp3) is 0. The number of carbonyl (C=O) groups is 1. The lowest BCUT2D eigenvalue weighted by molar-refractivity contribution is 0.0955. The van der Waals surface area contributed by atoms with Gasteiger partial charge in [-0.3, -0.25) is 9.78 Å². The van der Waals surface area contributed by atoms with E-state index in [4.69, 9.17) is 0 Å². The van der Waals surface area contributed by atoms with Gasteiger partial charge in [0.1, 0.15) is 0 Å². The molecule has 0 fully saturated rings. The molecule has 22 heavy (non-hydrogen) atoms.